The highest BCUT2D eigenvalue weighted by atomic mass is 79.9. The third kappa shape index (κ3) is 1.77. The summed E-state index contributed by atoms with van der Waals surface area (Å²) in [5.74, 6) is -0.637. The monoisotopic (exact) mass is 316 g/mol. The van der Waals surface area contributed by atoms with Crippen molar-refractivity contribution in [2.45, 2.75) is 6.92 Å². The van der Waals surface area contributed by atoms with Gasteiger partial charge in [-0.3, -0.25) is 14.6 Å². The minimum atomic E-state index is -0.330. The van der Waals surface area contributed by atoms with E-state index in [2.05, 4.69) is 20.9 Å². The zero-order chi connectivity index (χ0) is 13.6. The highest BCUT2D eigenvalue weighted by molar-refractivity contribution is 9.10. The standard InChI is InChI=1S/C14H9BrN2O2/c1-8-2-3-9(6-12(8)15)17-13(18)10-4-5-16-7-11(10)14(17)19/h2-7H,1H3. The minimum Gasteiger partial charge on any atom is -0.268 e. The summed E-state index contributed by atoms with van der Waals surface area (Å²) in [6.07, 6.45) is 2.94. The molecule has 0 N–H and O–H groups in total. The summed E-state index contributed by atoms with van der Waals surface area (Å²) >= 11 is 3.41. The average molecular weight is 317 g/mol. The van der Waals surface area contributed by atoms with Crippen LogP contribution in [0.3, 0.4) is 0 Å². The molecule has 94 valence electrons. The van der Waals surface area contributed by atoms with Gasteiger partial charge < -0.3 is 0 Å². The second-order valence-electron chi connectivity index (χ2n) is 4.30. The van der Waals surface area contributed by atoms with Crippen LogP contribution in [0.2, 0.25) is 0 Å². The van der Waals surface area contributed by atoms with Gasteiger partial charge in [0.15, 0.2) is 0 Å². The second-order valence-corrected chi connectivity index (χ2v) is 5.15. The predicted octanol–water partition coefficient (Wildman–Crippen LogP) is 2.95. The van der Waals surface area contributed by atoms with E-state index in [9.17, 15) is 9.59 Å². The van der Waals surface area contributed by atoms with Crippen LogP contribution < -0.4 is 4.90 Å². The van der Waals surface area contributed by atoms with Crippen LogP contribution in [-0.4, -0.2) is 16.8 Å². The number of amides is 2. The van der Waals surface area contributed by atoms with Gasteiger partial charge in [0, 0.05) is 16.9 Å². The first-order valence-electron chi connectivity index (χ1n) is 5.68. The number of aromatic nitrogens is 1. The number of hydrogen-bond donors (Lipinski definition) is 0. The Morgan fingerprint density at radius 3 is 2.53 bits per heavy atom. The van der Waals surface area contributed by atoms with Crippen molar-refractivity contribution in [3.8, 4) is 0 Å². The van der Waals surface area contributed by atoms with E-state index in [1.807, 2.05) is 13.0 Å². The number of carbonyl (C=O) groups is 2. The van der Waals surface area contributed by atoms with Crippen molar-refractivity contribution in [1.82, 2.24) is 4.98 Å². The molecule has 19 heavy (non-hydrogen) atoms. The summed E-state index contributed by atoms with van der Waals surface area (Å²) in [5, 5.41) is 0. The van der Waals surface area contributed by atoms with Crippen molar-refractivity contribution in [2.75, 3.05) is 4.90 Å². The van der Waals surface area contributed by atoms with Crippen LogP contribution >= 0.6 is 15.9 Å². The molecular weight excluding hydrogens is 308 g/mol. The fraction of sp³-hybridized carbons (Fsp3) is 0.0714. The Labute approximate surface area is 118 Å². The molecule has 2 aromatic rings. The van der Waals surface area contributed by atoms with Gasteiger partial charge in [-0.1, -0.05) is 22.0 Å². The molecule has 1 aromatic heterocycles. The van der Waals surface area contributed by atoms with E-state index in [4.69, 9.17) is 0 Å². The first-order valence-corrected chi connectivity index (χ1v) is 6.48. The van der Waals surface area contributed by atoms with Gasteiger partial charge >= 0.3 is 0 Å². The minimum absolute atomic E-state index is 0.307. The first kappa shape index (κ1) is 12.0. The first-order chi connectivity index (χ1) is 9.09. The fourth-order valence-corrected chi connectivity index (χ4v) is 2.41. The number of halogens is 1. The molecule has 5 heteroatoms. The van der Waals surface area contributed by atoms with Gasteiger partial charge in [0.05, 0.1) is 16.8 Å². The third-order valence-corrected chi connectivity index (χ3v) is 3.96. The van der Waals surface area contributed by atoms with E-state index >= 15 is 0 Å². The summed E-state index contributed by atoms with van der Waals surface area (Å²) in [4.78, 5) is 29.6. The smallest absolute Gasteiger partial charge is 0.267 e. The van der Waals surface area contributed by atoms with Crippen molar-refractivity contribution in [3.05, 3.63) is 57.8 Å². The Morgan fingerprint density at radius 2 is 1.84 bits per heavy atom. The molecular formula is C14H9BrN2O2. The topological polar surface area (TPSA) is 50.3 Å². The number of aryl methyl sites for hydroxylation is 1. The lowest BCUT2D eigenvalue weighted by atomic mass is 10.2. The molecule has 0 radical (unpaired) electrons. The van der Waals surface area contributed by atoms with Crippen LogP contribution in [0, 0.1) is 6.92 Å². The maximum Gasteiger partial charge on any atom is 0.267 e. The molecule has 1 aliphatic heterocycles. The molecule has 0 saturated heterocycles. The number of carbonyl (C=O) groups excluding carboxylic acids is 2. The number of imide groups is 1. The normalized spacial score (nSPS) is 13.9. The summed E-state index contributed by atoms with van der Waals surface area (Å²) in [7, 11) is 0. The van der Waals surface area contributed by atoms with Crippen LogP contribution in [0.4, 0.5) is 5.69 Å². The number of fused-ring (bicyclic) bond motifs is 1. The zero-order valence-electron chi connectivity index (χ0n) is 10.1. The Hall–Kier alpha value is -2.01. The maximum absolute atomic E-state index is 12.3. The molecule has 0 unspecified atom stereocenters. The van der Waals surface area contributed by atoms with E-state index in [-0.39, 0.29) is 11.8 Å². The highest BCUT2D eigenvalue weighted by Crippen LogP contribution is 2.30. The van der Waals surface area contributed by atoms with Crippen LogP contribution in [0.5, 0.6) is 0 Å². The zero-order valence-corrected chi connectivity index (χ0v) is 11.6. The number of hydrogen-bond acceptors (Lipinski definition) is 3. The second kappa shape index (κ2) is 4.28. The van der Waals surface area contributed by atoms with Gasteiger partial charge in [-0.25, -0.2) is 4.90 Å². The molecule has 4 nitrogen and oxygen atoms in total. The van der Waals surface area contributed by atoms with E-state index in [0.29, 0.717) is 16.8 Å². The van der Waals surface area contributed by atoms with Crippen LogP contribution in [0.1, 0.15) is 26.3 Å². The Bertz CT molecular complexity index is 677. The molecule has 1 aromatic carbocycles. The van der Waals surface area contributed by atoms with Gasteiger partial charge in [0.2, 0.25) is 0 Å². The number of benzene rings is 1. The lowest BCUT2D eigenvalue weighted by Crippen LogP contribution is -2.29. The van der Waals surface area contributed by atoms with Crippen molar-refractivity contribution in [3.63, 3.8) is 0 Å². The van der Waals surface area contributed by atoms with Crippen LogP contribution in [-0.2, 0) is 0 Å². The molecule has 2 heterocycles. The predicted molar refractivity (Wildman–Crippen MR) is 74.3 cm³/mol. The molecule has 0 fully saturated rings. The van der Waals surface area contributed by atoms with Crippen molar-refractivity contribution in [1.29, 1.82) is 0 Å². The van der Waals surface area contributed by atoms with Gasteiger partial charge in [0.25, 0.3) is 11.8 Å². The average Bonchev–Trinajstić information content (AvgIpc) is 2.66. The highest BCUT2D eigenvalue weighted by Gasteiger charge is 2.36. The molecule has 0 bridgehead atoms. The fourth-order valence-electron chi connectivity index (χ4n) is 2.04. The summed E-state index contributed by atoms with van der Waals surface area (Å²) in [6.45, 7) is 1.94. The van der Waals surface area contributed by atoms with Crippen LogP contribution in [0.25, 0.3) is 0 Å². The third-order valence-electron chi connectivity index (χ3n) is 3.10. The molecule has 1 aliphatic rings. The number of nitrogens with zero attached hydrogens (tertiary/aromatic N) is 2. The maximum atomic E-state index is 12.3. The van der Waals surface area contributed by atoms with Crippen molar-refractivity contribution < 1.29 is 9.59 Å². The van der Waals surface area contributed by atoms with E-state index in [1.54, 1.807) is 18.2 Å². The Kier molecular flexibility index (Phi) is 2.71. The summed E-state index contributed by atoms with van der Waals surface area (Å²) in [6, 6.07) is 6.96. The summed E-state index contributed by atoms with van der Waals surface area (Å²) < 4.78 is 0.861. The van der Waals surface area contributed by atoms with E-state index in [0.717, 1.165) is 10.0 Å². The summed E-state index contributed by atoms with van der Waals surface area (Å²) in [5.41, 5.74) is 2.35. The van der Waals surface area contributed by atoms with Gasteiger partial charge in [-0.15, -0.1) is 0 Å². The number of pyridine rings is 1. The number of anilines is 1. The van der Waals surface area contributed by atoms with Crippen molar-refractivity contribution >= 4 is 33.4 Å². The molecule has 0 spiro atoms. The molecule has 0 saturated carbocycles. The van der Waals surface area contributed by atoms with Gasteiger partial charge in [-0.2, -0.15) is 0 Å². The quantitative estimate of drug-likeness (QED) is 0.760. The van der Waals surface area contributed by atoms with Crippen LogP contribution in [0.15, 0.2) is 41.1 Å². The Morgan fingerprint density at radius 1 is 1.11 bits per heavy atom. The van der Waals surface area contributed by atoms with Crippen molar-refractivity contribution in [2.24, 2.45) is 0 Å². The van der Waals surface area contributed by atoms with E-state index < -0.39 is 0 Å². The molecule has 2 amide bonds. The Balaban J connectivity index is 2.11. The molecule has 3 rings (SSSR count). The van der Waals surface area contributed by atoms with E-state index in [1.165, 1.54) is 17.3 Å². The van der Waals surface area contributed by atoms with Gasteiger partial charge in [-0.05, 0) is 30.7 Å². The SMILES string of the molecule is Cc1ccc(N2C(=O)c3ccncc3C2=O)cc1Br. The molecule has 0 atom stereocenters. The molecule has 0 aliphatic carbocycles. The van der Waals surface area contributed by atoms with Gasteiger partial charge in [0.1, 0.15) is 0 Å². The number of rotatable bonds is 1. The lowest BCUT2D eigenvalue weighted by Gasteiger charge is -2.14. The lowest BCUT2D eigenvalue weighted by molar-refractivity contribution is 0.0926. The largest absolute Gasteiger partial charge is 0.268 e.